The van der Waals surface area contributed by atoms with Gasteiger partial charge in [-0.05, 0) is 30.0 Å². The lowest BCUT2D eigenvalue weighted by Gasteiger charge is -2.23. The lowest BCUT2D eigenvalue weighted by Crippen LogP contribution is -2.24. The Morgan fingerprint density at radius 2 is 2.22 bits per heavy atom. The summed E-state index contributed by atoms with van der Waals surface area (Å²) in [7, 11) is 0. The zero-order valence-corrected chi connectivity index (χ0v) is 13.1. The Morgan fingerprint density at radius 3 is 3.13 bits per heavy atom. The molecule has 1 N–H and O–H groups in total. The molecule has 0 fully saturated rings. The van der Waals surface area contributed by atoms with E-state index in [1.165, 1.54) is 29.5 Å². The van der Waals surface area contributed by atoms with Gasteiger partial charge in [0, 0.05) is 43.5 Å². The number of aromatic nitrogens is 2. The van der Waals surface area contributed by atoms with Crippen molar-refractivity contribution < 1.29 is 4.42 Å². The summed E-state index contributed by atoms with van der Waals surface area (Å²) in [6.45, 7) is 1.75. The van der Waals surface area contributed by atoms with Crippen LogP contribution in [0.25, 0.3) is 0 Å². The summed E-state index contributed by atoms with van der Waals surface area (Å²) in [6, 6.07) is 11.3. The molecule has 0 saturated heterocycles. The molecule has 0 saturated carbocycles. The van der Waals surface area contributed by atoms with Gasteiger partial charge >= 0.3 is 0 Å². The molecule has 1 aliphatic carbocycles. The second-order valence-electron chi connectivity index (χ2n) is 6.18. The van der Waals surface area contributed by atoms with Crippen LogP contribution in [0.2, 0.25) is 0 Å². The first-order valence-electron chi connectivity index (χ1n) is 8.22. The molecule has 23 heavy (non-hydrogen) atoms. The number of nitrogens with zero attached hydrogens (tertiary/aromatic N) is 2. The van der Waals surface area contributed by atoms with Crippen LogP contribution in [-0.4, -0.2) is 9.55 Å². The highest BCUT2D eigenvalue weighted by molar-refractivity contribution is 5.26. The van der Waals surface area contributed by atoms with E-state index < -0.39 is 0 Å². The van der Waals surface area contributed by atoms with Gasteiger partial charge in [0.15, 0.2) is 0 Å². The molecule has 2 heterocycles. The maximum absolute atomic E-state index is 5.57. The molecule has 0 spiro atoms. The fraction of sp³-hybridized carbons (Fsp3) is 0.316. The van der Waals surface area contributed by atoms with Crippen molar-refractivity contribution in [2.75, 3.05) is 0 Å². The van der Waals surface area contributed by atoms with Crippen LogP contribution in [0, 0.1) is 0 Å². The summed E-state index contributed by atoms with van der Waals surface area (Å²) in [6.07, 6.45) is 10.9. The lowest BCUT2D eigenvalue weighted by atomic mass is 9.93. The molecular formula is C19H21N3O. The summed E-state index contributed by atoms with van der Waals surface area (Å²) >= 11 is 0. The number of hydrogen-bond donors (Lipinski definition) is 1. The van der Waals surface area contributed by atoms with E-state index in [1.54, 1.807) is 0 Å². The van der Waals surface area contributed by atoms with Gasteiger partial charge in [0.2, 0.25) is 0 Å². The van der Waals surface area contributed by atoms with Gasteiger partial charge in [-0.2, -0.15) is 0 Å². The summed E-state index contributed by atoms with van der Waals surface area (Å²) in [5, 5.41) is 3.69. The zero-order chi connectivity index (χ0) is 15.5. The topological polar surface area (TPSA) is 43.0 Å². The number of rotatable bonds is 5. The van der Waals surface area contributed by atoms with E-state index in [-0.39, 0.29) is 0 Å². The standard InChI is InChI=1S/C19H21N3O/c1-3-15(11-16(4-1)13-22-9-8-20-14-22)12-21-18-5-2-6-19-17(18)7-10-23-19/h1,3-4,7-11,14,18,21H,2,5-6,12-13H2/t18-/m0/s1. The Morgan fingerprint density at radius 1 is 1.26 bits per heavy atom. The summed E-state index contributed by atoms with van der Waals surface area (Å²) in [5.74, 6) is 1.16. The molecular weight excluding hydrogens is 286 g/mol. The number of aryl methyl sites for hydroxylation is 1. The maximum atomic E-state index is 5.57. The molecule has 0 bridgehead atoms. The monoisotopic (exact) mass is 307 g/mol. The van der Waals surface area contributed by atoms with Crippen LogP contribution in [0.1, 0.15) is 41.3 Å². The van der Waals surface area contributed by atoms with Crippen molar-refractivity contribution in [2.24, 2.45) is 0 Å². The van der Waals surface area contributed by atoms with Crippen LogP contribution >= 0.6 is 0 Å². The first-order chi connectivity index (χ1) is 11.4. The van der Waals surface area contributed by atoms with Crippen molar-refractivity contribution in [3.8, 4) is 0 Å². The first-order valence-corrected chi connectivity index (χ1v) is 8.22. The van der Waals surface area contributed by atoms with E-state index in [4.69, 9.17) is 4.42 Å². The molecule has 1 aliphatic rings. The number of nitrogens with one attached hydrogen (secondary N) is 1. The van der Waals surface area contributed by atoms with E-state index in [9.17, 15) is 0 Å². The SMILES string of the molecule is c1cc(CN[C@H]2CCCc3occc32)cc(Cn2ccnc2)c1. The predicted molar refractivity (Wildman–Crippen MR) is 89.0 cm³/mol. The van der Waals surface area contributed by atoms with Crippen molar-refractivity contribution in [1.82, 2.24) is 14.9 Å². The maximum Gasteiger partial charge on any atom is 0.108 e. The number of furan rings is 1. The second kappa shape index (κ2) is 6.42. The van der Waals surface area contributed by atoms with Crippen molar-refractivity contribution in [3.63, 3.8) is 0 Å². The second-order valence-corrected chi connectivity index (χ2v) is 6.18. The van der Waals surface area contributed by atoms with E-state index >= 15 is 0 Å². The van der Waals surface area contributed by atoms with Gasteiger partial charge < -0.3 is 14.3 Å². The zero-order valence-electron chi connectivity index (χ0n) is 13.1. The Balaban J connectivity index is 1.42. The molecule has 0 radical (unpaired) electrons. The van der Waals surface area contributed by atoms with E-state index in [1.807, 2.05) is 25.0 Å². The molecule has 3 aromatic rings. The summed E-state index contributed by atoms with van der Waals surface area (Å²) in [5.41, 5.74) is 3.96. The van der Waals surface area contributed by atoms with Gasteiger partial charge in [0.05, 0.1) is 12.6 Å². The highest BCUT2D eigenvalue weighted by Gasteiger charge is 2.21. The molecule has 1 aromatic carbocycles. The predicted octanol–water partition coefficient (Wildman–Crippen LogP) is 3.69. The van der Waals surface area contributed by atoms with Gasteiger partial charge in [0.1, 0.15) is 5.76 Å². The molecule has 4 heteroatoms. The van der Waals surface area contributed by atoms with Crippen LogP contribution in [0.5, 0.6) is 0 Å². The third kappa shape index (κ3) is 3.22. The number of fused-ring (bicyclic) bond motifs is 1. The van der Waals surface area contributed by atoms with Crippen LogP contribution in [0.4, 0.5) is 0 Å². The Kier molecular flexibility index (Phi) is 3.99. The van der Waals surface area contributed by atoms with Crippen LogP contribution in [0.3, 0.4) is 0 Å². The van der Waals surface area contributed by atoms with Gasteiger partial charge in [-0.25, -0.2) is 4.98 Å². The van der Waals surface area contributed by atoms with E-state index in [0.29, 0.717) is 6.04 Å². The molecule has 4 rings (SSSR count). The van der Waals surface area contributed by atoms with Crippen molar-refractivity contribution >= 4 is 0 Å². The van der Waals surface area contributed by atoms with Gasteiger partial charge in [-0.1, -0.05) is 24.3 Å². The molecule has 4 nitrogen and oxygen atoms in total. The van der Waals surface area contributed by atoms with E-state index in [0.717, 1.165) is 25.3 Å². The summed E-state index contributed by atoms with van der Waals surface area (Å²) < 4.78 is 7.66. The minimum absolute atomic E-state index is 0.412. The van der Waals surface area contributed by atoms with Gasteiger partial charge in [-0.3, -0.25) is 0 Å². The molecule has 2 aromatic heterocycles. The minimum Gasteiger partial charge on any atom is -0.469 e. The number of imidazole rings is 1. The highest BCUT2D eigenvalue weighted by Crippen LogP contribution is 2.30. The third-order valence-corrected chi connectivity index (χ3v) is 4.52. The Hall–Kier alpha value is -2.33. The molecule has 1 atom stereocenters. The van der Waals surface area contributed by atoms with Gasteiger partial charge in [0.25, 0.3) is 0 Å². The minimum atomic E-state index is 0.412. The lowest BCUT2D eigenvalue weighted by molar-refractivity contribution is 0.411. The Bertz CT molecular complexity index is 761. The number of benzene rings is 1. The molecule has 0 unspecified atom stereocenters. The van der Waals surface area contributed by atoms with Crippen LogP contribution in [0.15, 0.2) is 59.7 Å². The van der Waals surface area contributed by atoms with Crippen molar-refractivity contribution in [2.45, 2.75) is 38.4 Å². The molecule has 0 aliphatic heterocycles. The third-order valence-electron chi connectivity index (χ3n) is 4.52. The quantitative estimate of drug-likeness (QED) is 0.781. The van der Waals surface area contributed by atoms with Crippen LogP contribution < -0.4 is 5.32 Å². The highest BCUT2D eigenvalue weighted by atomic mass is 16.3. The average molecular weight is 307 g/mol. The first kappa shape index (κ1) is 14.3. The smallest absolute Gasteiger partial charge is 0.108 e. The largest absolute Gasteiger partial charge is 0.469 e. The molecule has 0 amide bonds. The van der Waals surface area contributed by atoms with E-state index in [2.05, 4.69) is 45.2 Å². The number of hydrogen-bond acceptors (Lipinski definition) is 3. The van der Waals surface area contributed by atoms with Crippen molar-refractivity contribution in [1.29, 1.82) is 0 Å². The van der Waals surface area contributed by atoms with Crippen LogP contribution in [-0.2, 0) is 19.5 Å². The summed E-state index contributed by atoms with van der Waals surface area (Å²) in [4.78, 5) is 4.10. The molecule has 118 valence electrons. The Labute approximate surface area is 136 Å². The normalized spacial score (nSPS) is 17.1. The van der Waals surface area contributed by atoms with Gasteiger partial charge in [-0.15, -0.1) is 0 Å². The van der Waals surface area contributed by atoms with Crippen molar-refractivity contribution in [3.05, 3.63) is 77.8 Å². The fourth-order valence-electron chi connectivity index (χ4n) is 3.37. The average Bonchev–Trinajstić information content (AvgIpc) is 3.24. The fourth-order valence-corrected chi connectivity index (χ4v) is 3.37.